The maximum absolute atomic E-state index is 16.5. The zero-order valence-electron chi connectivity index (χ0n) is 38.5. The molecule has 0 saturated carbocycles. The number of likely N-dealkylation sites (tertiary alicyclic amines) is 1. The molecule has 12 nitrogen and oxygen atoms in total. The van der Waals surface area contributed by atoms with Crippen LogP contribution in [0.1, 0.15) is 92.9 Å². The van der Waals surface area contributed by atoms with Crippen molar-refractivity contribution in [1.29, 1.82) is 5.26 Å². The first-order chi connectivity index (χ1) is 32.6. The maximum atomic E-state index is 16.5. The van der Waals surface area contributed by atoms with E-state index in [1.165, 1.54) is 12.1 Å². The molecule has 1 aromatic heterocycles. The number of fused-ring (bicyclic) bond motifs is 2. The molecule has 3 saturated heterocycles. The fourth-order valence-corrected chi connectivity index (χ4v) is 12.9. The Hall–Kier alpha value is -3.62. The SMILES string of the molecule is CC(C)(C(=O)SCCOP(=O)(OCCSC(=O)C(C)(C)C(F)(F)F)C(F)(F)c1ccc2sc(C(=O)N[C@H]3CCCC[C@H]4CC[C@@H](C(O)N5C[C@H](c6ccccc6)[C@@H](C#N)C5)N4C3=O)cc2c1)C(F)(F)F. The van der Waals surface area contributed by atoms with Crippen LogP contribution in [0, 0.1) is 28.1 Å². The molecule has 0 bridgehead atoms. The summed E-state index contributed by atoms with van der Waals surface area (Å²) in [6.07, 6.45) is -7.50. The number of carbonyl (C=O) groups excluding carboxylic acids is 4. The molecule has 3 aliphatic rings. The summed E-state index contributed by atoms with van der Waals surface area (Å²) in [6.45, 7) is 1.19. The van der Waals surface area contributed by atoms with Gasteiger partial charge in [0.15, 0.2) is 0 Å². The highest BCUT2D eigenvalue weighted by atomic mass is 32.2. The fourth-order valence-electron chi connectivity index (χ4n) is 8.56. The third-order valence-electron chi connectivity index (χ3n) is 13.2. The minimum atomic E-state index is -5.77. The van der Waals surface area contributed by atoms with Crippen LogP contribution in [0.2, 0.25) is 0 Å². The Labute approximate surface area is 412 Å². The zero-order valence-corrected chi connectivity index (χ0v) is 41.8. The predicted molar refractivity (Wildman–Crippen MR) is 249 cm³/mol. The Morgan fingerprint density at radius 2 is 1.44 bits per heavy atom. The van der Waals surface area contributed by atoms with Crippen LogP contribution in [0.5, 0.6) is 0 Å². The van der Waals surface area contributed by atoms with E-state index in [-0.39, 0.29) is 64.0 Å². The fraction of sp³-hybridized carbons (Fsp3) is 0.587. The summed E-state index contributed by atoms with van der Waals surface area (Å²) < 4.78 is 138. The van der Waals surface area contributed by atoms with E-state index in [1.807, 2.05) is 35.2 Å². The van der Waals surface area contributed by atoms with Gasteiger partial charge in [-0.1, -0.05) is 72.8 Å². The van der Waals surface area contributed by atoms with Crippen LogP contribution >= 0.6 is 42.5 Å². The monoisotopic (exact) mass is 1070 g/mol. The molecule has 24 heteroatoms. The summed E-state index contributed by atoms with van der Waals surface area (Å²) in [6, 6.07) is 14.4. The lowest BCUT2D eigenvalue weighted by molar-refractivity contribution is -0.206. The highest BCUT2D eigenvalue weighted by Crippen LogP contribution is 2.67. The minimum Gasteiger partial charge on any atom is -0.376 e. The van der Waals surface area contributed by atoms with Gasteiger partial charge >= 0.3 is 25.6 Å². The van der Waals surface area contributed by atoms with Crippen molar-refractivity contribution in [2.45, 2.75) is 115 Å². The second-order valence-corrected chi connectivity index (χ2v) is 23.9. The third kappa shape index (κ3) is 11.7. The summed E-state index contributed by atoms with van der Waals surface area (Å²) >= 11 is 1.07. The second kappa shape index (κ2) is 21.8. The number of hydrogen-bond donors (Lipinski definition) is 2. The molecule has 0 spiro atoms. The van der Waals surface area contributed by atoms with Gasteiger partial charge in [-0.05, 0) is 82.5 Å². The van der Waals surface area contributed by atoms with Crippen molar-refractivity contribution in [3.8, 4) is 6.07 Å². The molecule has 3 aliphatic heterocycles. The average molecular weight is 1070 g/mol. The molecule has 384 valence electrons. The van der Waals surface area contributed by atoms with Crippen LogP contribution in [0.15, 0.2) is 54.6 Å². The molecule has 2 aromatic carbocycles. The normalized spacial score (nSPS) is 22.6. The predicted octanol–water partition coefficient (Wildman–Crippen LogP) is 10.5. The first-order valence-electron chi connectivity index (χ1n) is 22.4. The molecule has 70 heavy (non-hydrogen) atoms. The molecule has 6 atom stereocenters. The lowest BCUT2D eigenvalue weighted by atomic mass is 9.90. The number of amides is 2. The Kier molecular flexibility index (Phi) is 17.4. The summed E-state index contributed by atoms with van der Waals surface area (Å²) in [5, 5.41) is 21.9. The molecule has 3 aromatic rings. The van der Waals surface area contributed by atoms with Crippen LogP contribution in [-0.2, 0) is 33.7 Å². The smallest absolute Gasteiger partial charge is 0.376 e. The van der Waals surface area contributed by atoms with Crippen molar-refractivity contribution in [2.24, 2.45) is 16.7 Å². The Balaban J connectivity index is 1.17. The number of halogens is 8. The van der Waals surface area contributed by atoms with E-state index in [2.05, 4.69) is 11.4 Å². The molecular formula is C46H53F8N4O8PS3. The lowest BCUT2D eigenvalue weighted by Gasteiger charge is -2.39. The van der Waals surface area contributed by atoms with Crippen LogP contribution < -0.4 is 5.32 Å². The van der Waals surface area contributed by atoms with Gasteiger partial charge in [-0.2, -0.15) is 40.4 Å². The van der Waals surface area contributed by atoms with Crippen LogP contribution in [-0.4, -0.2) is 111 Å². The summed E-state index contributed by atoms with van der Waals surface area (Å²) in [7, 11) is -5.77. The van der Waals surface area contributed by atoms with Crippen LogP contribution in [0.4, 0.5) is 35.1 Å². The lowest BCUT2D eigenvalue weighted by Crippen LogP contribution is -2.58. The zero-order chi connectivity index (χ0) is 51.6. The van der Waals surface area contributed by atoms with E-state index >= 15 is 8.78 Å². The third-order valence-corrected chi connectivity index (χ3v) is 18.6. The first kappa shape index (κ1) is 55.7. The van der Waals surface area contributed by atoms with Crippen LogP contribution in [0.25, 0.3) is 10.1 Å². The summed E-state index contributed by atoms with van der Waals surface area (Å²) in [4.78, 5) is 56.5. The number of nitrogens with zero attached hydrogens (tertiary/aromatic N) is 3. The van der Waals surface area contributed by atoms with Gasteiger partial charge in [0.25, 0.3) is 5.91 Å². The van der Waals surface area contributed by atoms with Gasteiger partial charge in [0.1, 0.15) is 23.1 Å². The van der Waals surface area contributed by atoms with E-state index < -0.39 is 101 Å². The quantitative estimate of drug-likeness (QED) is 0.0748. The number of thioether (sulfide) groups is 2. The van der Waals surface area contributed by atoms with Crippen molar-refractivity contribution < 1.29 is 73.0 Å². The molecule has 6 rings (SSSR count). The molecule has 4 heterocycles. The highest BCUT2D eigenvalue weighted by molar-refractivity contribution is 8.14. The first-order valence-corrected chi connectivity index (χ1v) is 26.8. The number of alkyl halides is 8. The Bertz CT molecular complexity index is 2440. The topological polar surface area (TPSA) is 166 Å². The van der Waals surface area contributed by atoms with Gasteiger partial charge < -0.3 is 24.4 Å². The number of aliphatic hydroxyl groups excluding tert-OH is 1. The van der Waals surface area contributed by atoms with Crippen molar-refractivity contribution >= 4 is 74.6 Å². The second-order valence-electron chi connectivity index (χ2n) is 18.6. The van der Waals surface area contributed by atoms with Crippen molar-refractivity contribution in [2.75, 3.05) is 37.8 Å². The average Bonchev–Trinajstić information content (AvgIpc) is 4.05. The summed E-state index contributed by atoms with van der Waals surface area (Å²) in [5.41, 5.74) is -10.2. The molecule has 1 unspecified atom stereocenters. The molecular weight excluding hydrogens is 1020 g/mol. The van der Waals surface area contributed by atoms with Crippen molar-refractivity contribution in [1.82, 2.24) is 15.1 Å². The number of carbonyl (C=O) groups is 4. The minimum absolute atomic E-state index is 0.0223. The van der Waals surface area contributed by atoms with Gasteiger partial charge in [0, 0.05) is 46.8 Å². The largest absolute Gasteiger partial charge is 0.404 e. The van der Waals surface area contributed by atoms with E-state index in [0.717, 1.165) is 35.5 Å². The van der Waals surface area contributed by atoms with Crippen LogP contribution in [0.3, 0.4) is 0 Å². The number of hydrogen-bond acceptors (Lipinski definition) is 13. The van der Waals surface area contributed by atoms with Gasteiger partial charge in [-0.3, -0.25) is 28.6 Å². The number of nitrogens with one attached hydrogen (secondary N) is 1. The Morgan fingerprint density at radius 3 is 2.01 bits per heavy atom. The number of rotatable bonds is 17. The van der Waals surface area contributed by atoms with E-state index in [9.17, 15) is 60.5 Å². The van der Waals surface area contributed by atoms with Gasteiger partial charge in [-0.25, -0.2) is 0 Å². The van der Waals surface area contributed by atoms with E-state index in [0.29, 0.717) is 71.2 Å². The van der Waals surface area contributed by atoms with E-state index in [1.54, 1.807) is 4.90 Å². The van der Waals surface area contributed by atoms with Gasteiger partial charge in [-0.15, -0.1) is 11.3 Å². The van der Waals surface area contributed by atoms with Crippen molar-refractivity contribution in [3.63, 3.8) is 0 Å². The van der Waals surface area contributed by atoms with Gasteiger partial charge in [0.05, 0.1) is 36.1 Å². The van der Waals surface area contributed by atoms with Crippen molar-refractivity contribution in [3.05, 3.63) is 70.6 Å². The molecule has 0 aliphatic carbocycles. The number of nitriles is 1. The highest BCUT2D eigenvalue weighted by Gasteiger charge is 2.57. The Morgan fingerprint density at radius 1 is 0.857 bits per heavy atom. The molecule has 0 radical (unpaired) electrons. The molecule has 3 fully saturated rings. The van der Waals surface area contributed by atoms with E-state index in [4.69, 9.17) is 9.05 Å². The molecule has 2 N–H and O–H groups in total. The number of aliphatic hydroxyl groups is 1. The number of benzene rings is 2. The molecule has 2 amide bonds. The standard InChI is InChI=1S/C46H53F8N4O8PS3/c1-42(2,45(49,50)51)40(62)68-20-18-65-67(64,66-19-21-69-41(63)43(3,4)46(52,53)54)44(47,48)30-14-17-35-28(22-30)23-36(70-35)37(59)56-33-13-9-8-12-31-15-16-34(58(31)38(33)60)39(61)57-25-29(24-55)32(26-57)27-10-6-5-7-11-27/h5-7,10-11,14,17,22-23,29,31-34,39,61H,8-9,12-13,15-16,18-21,25-26H2,1-4H3,(H,56,59)/t29-,31-,32+,33-,34-,39?/m0/s1. The maximum Gasteiger partial charge on any atom is 0.404 e. The van der Waals surface area contributed by atoms with Gasteiger partial charge in [0.2, 0.25) is 16.1 Å². The number of thiophene rings is 1. The summed E-state index contributed by atoms with van der Waals surface area (Å²) in [5.74, 6) is -2.96.